The van der Waals surface area contributed by atoms with Crippen LogP contribution in [0.15, 0.2) is 115 Å². The number of hydrogen-bond acceptors (Lipinski definition) is 5. The molecule has 0 saturated carbocycles. The molecule has 5 nitrogen and oxygen atoms in total. The van der Waals surface area contributed by atoms with Crippen LogP contribution in [0.4, 0.5) is 0 Å². The summed E-state index contributed by atoms with van der Waals surface area (Å²) < 4.78 is 0. The zero-order valence-electron chi connectivity index (χ0n) is 24.2. The second-order valence-electron chi connectivity index (χ2n) is 11.0. The molecule has 0 aromatic heterocycles. The molecule has 6 aromatic carbocycles. The monoisotopic (exact) mass is 580 g/mol. The van der Waals surface area contributed by atoms with Gasteiger partial charge in [0.2, 0.25) is 0 Å². The Morgan fingerprint density at radius 1 is 0.545 bits per heavy atom. The van der Waals surface area contributed by atoms with E-state index in [4.69, 9.17) is 5.11 Å². The van der Waals surface area contributed by atoms with Crippen molar-refractivity contribution in [2.24, 2.45) is 0 Å². The van der Waals surface area contributed by atoms with Crippen LogP contribution in [0.25, 0.3) is 54.9 Å². The topological polar surface area (TPSA) is 94.8 Å². The number of ketones is 2. The maximum Gasteiger partial charge on any atom is 0.162 e. The van der Waals surface area contributed by atoms with Gasteiger partial charge in [0, 0.05) is 40.7 Å². The number of Topliss-reactive ketones (excluding diaryl/α,β-unsaturated/α-hetero) is 2. The first-order chi connectivity index (χ1) is 21.5. The molecule has 0 aliphatic carbocycles. The van der Waals surface area contributed by atoms with Crippen molar-refractivity contribution in [2.45, 2.75) is 25.7 Å². The van der Waals surface area contributed by atoms with Crippen molar-refractivity contribution in [3.63, 3.8) is 0 Å². The molecule has 0 unspecified atom stereocenters. The van der Waals surface area contributed by atoms with Crippen LogP contribution in [0, 0.1) is 0 Å². The number of carbonyl (C=O) groups excluding carboxylic acids is 2. The van der Waals surface area contributed by atoms with Gasteiger partial charge in [-0.1, -0.05) is 97.1 Å². The molecule has 0 aliphatic rings. The van der Waals surface area contributed by atoms with Gasteiger partial charge in [-0.25, -0.2) is 0 Å². The summed E-state index contributed by atoms with van der Waals surface area (Å²) in [6.45, 7) is -0.476. The van der Waals surface area contributed by atoms with Gasteiger partial charge in [-0.05, 0) is 63.7 Å². The van der Waals surface area contributed by atoms with E-state index in [-0.39, 0.29) is 35.9 Å². The van der Waals surface area contributed by atoms with Crippen LogP contribution in [0.2, 0.25) is 0 Å². The summed E-state index contributed by atoms with van der Waals surface area (Å²) in [5.41, 5.74) is 4.46. The van der Waals surface area contributed by atoms with Gasteiger partial charge in [0.15, 0.2) is 11.6 Å². The highest BCUT2D eigenvalue weighted by Gasteiger charge is 2.23. The Labute approximate surface area is 255 Å². The van der Waals surface area contributed by atoms with Gasteiger partial charge in [0.1, 0.15) is 18.1 Å². The Balaban J connectivity index is 1.56. The number of hydrogen-bond donors (Lipinski definition) is 3. The van der Waals surface area contributed by atoms with E-state index in [1.807, 2.05) is 109 Å². The number of fused-ring (bicyclic) bond motifs is 2. The van der Waals surface area contributed by atoms with E-state index in [2.05, 4.69) is 0 Å². The van der Waals surface area contributed by atoms with E-state index in [1.165, 1.54) is 0 Å². The highest BCUT2D eigenvalue weighted by molar-refractivity contribution is 6.15. The molecular weight excluding hydrogens is 548 g/mol. The van der Waals surface area contributed by atoms with Crippen molar-refractivity contribution >= 4 is 33.1 Å². The first-order valence-electron chi connectivity index (χ1n) is 14.8. The van der Waals surface area contributed by atoms with E-state index in [0.717, 1.165) is 27.3 Å². The Kier molecular flexibility index (Phi) is 8.22. The molecule has 5 heteroatoms. The molecule has 0 spiro atoms. The second-order valence-corrected chi connectivity index (χ2v) is 11.0. The Hall–Kier alpha value is -5.26. The Bertz CT molecular complexity index is 2000. The smallest absolute Gasteiger partial charge is 0.162 e. The molecule has 0 radical (unpaired) electrons. The van der Waals surface area contributed by atoms with Gasteiger partial charge in [-0.2, -0.15) is 0 Å². The molecule has 6 rings (SSSR count). The first kappa shape index (κ1) is 28.8. The number of unbranched alkanes of at least 4 members (excludes halogenated alkanes) is 1. The highest BCUT2D eigenvalue weighted by atomic mass is 16.3. The fourth-order valence-electron chi connectivity index (χ4n) is 5.92. The van der Waals surface area contributed by atoms with E-state index in [1.54, 1.807) is 6.07 Å². The van der Waals surface area contributed by atoms with Crippen LogP contribution in [0.5, 0.6) is 11.5 Å². The average molecular weight is 581 g/mol. The SMILES string of the molecule is O=C(CO)CCCCC(=O)c1ccc2c(-c3c(O)c(-c4ccccc4)cc4ccccc34)c(O)c(-c3ccccc3)cc2c1. The summed E-state index contributed by atoms with van der Waals surface area (Å²) in [5, 5.41) is 36.1. The number of carbonyl (C=O) groups is 2. The van der Waals surface area contributed by atoms with Crippen molar-refractivity contribution in [3.8, 4) is 44.9 Å². The molecule has 0 atom stereocenters. The molecular formula is C39H32O5. The number of aromatic hydroxyl groups is 2. The zero-order chi connectivity index (χ0) is 30.6. The van der Waals surface area contributed by atoms with E-state index < -0.39 is 6.61 Å². The van der Waals surface area contributed by atoms with Gasteiger partial charge >= 0.3 is 0 Å². The van der Waals surface area contributed by atoms with Gasteiger partial charge < -0.3 is 15.3 Å². The fraction of sp³-hybridized carbons (Fsp3) is 0.128. The maximum absolute atomic E-state index is 13.2. The highest BCUT2D eigenvalue weighted by Crippen LogP contribution is 2.51. The predicted octanol–water partition coefficient (Wildman–Crippen LogP) is 8.71. The molecule has 0 aliphatic heterocycles. The lowest BCUT2D eigenvalue weighted by Crippen LogP contribution is -2.04. The number of phenols is 2. The molecule has 0 bridgehead atoms. The Morgan fingerprint density at radius 3 is 1.68 bits per heavy atom. The molecule has 3 N–H and O–H groups in total. The lowest BCUT2D eigenvalue weighted by Gasteiger charge is -2.20. The van der Waals surface area contributed by atoms with Crippen LogP contribution in [0.3, 0.4) is 0 Å². The standard InChI is InChI=1S/C39H32O5/c40-24-30(41)16-8-10-18-35(42)28-19-20-32-29(21-28)23-34(26-13-5-2-6-14-26)39(44)37(32)36-31-17-9-7-15-27(31)22-33(38(36)43)25-11-3-1-4-12-25/h1-7,9,11-15,17,19-23,40,43-44H,8,10,16,18,24H2. The van der Waals surface area contributed by atoms with Crippen molar-refractivity contribution in [3.05, 3.63) is 121 Å². The number of aliphatic hydroxyl groups excluding tert-OH is 1. The maximum atomic E-state index is 13.2. The van der Waals surface area contributed by atoms with Gasteiger partial charge in [-0.15, -0.1) is 0 Å². The van der Waals surface area contributed by atoms with Crippen LogP contribution in [0.1, 0.15) is 36.0 Å². The minimum atomic E-state index is -0.476. The number of rotatable bonds is 10. The quantitative estimate of drug-likeness (QED) is 0.111. The largest absolute Gasteiger partial charge is 0.507 e. The lowest BCUT2D eigenvalue weighted by atomic mass is 9.86. The fourth-order valence-corrected chi connectivity index (χ4v) is 5.92. The summed E-state index contributed by atoms with van der Waals surface area (Å²) in [6, 6.07) is 36.3. The zero-order valence-corrected chi connectivity index (χ0v) is 24.2. The summed E-state index contributed by atoms with van der Waals surface area (Å²) in [6.07, 6.45) is 1.62. The van der Waals surface area contributed by atoms with E-state index in [9.17, 15) is 19.8 Å². The Morgan fingerprint density at radius 2 is 1.07 bits per heavy atom. The predicted molar refractivity (Wildman–Crippen MR) is 176 cm³/mol. The van der Waals surface area contributed by atoms with Crippen molar-refractivity contribution in [1.82, 2.24) is 0 Å². The third kappa shape index (κ3) is 5.58. The minimum Gasteiger partial charge on any atom is -0.507 e. The van der Waals surface area contributed by atoms with Crippen molar-refractivity contribution in [2.75, 3.05) is 6.61 Å². The summed E-state index contributed by atoms with van der Waals surface area (Å²) >= 11 is 0. The first-order valence-corrected chi connectivity index (χ1v) is 14.8. The number of phenolic OH excluding ortho intramolecular Hbond substituents is 2. The average Bonchev–Trinajstić information content (AvgIpc) is 3.07. The number of aliphatic hydroxyl groups is 1. The third-order valence-electron chi connectivity index (χ3n) is 8.16. The van der Waals surface area contributed by atoms with Crippen LogP contribution < -0.4 is 0 Å². The molecule has 6 aromatic rings. The molecule has 0 heterocycles. The summed E-state index contributed by atoms with van der Waals surface area (Å²) in [5.74, 6) is -0.161. The van der Waals surface area contributed by atoms with Gasteiger partial charge in [0.05, 0.1) is 0 Å². The van der Waals surface area contributed by atoms with Gasteiger partial charge in [-0.3, -0.25) is 9.59 Å². The summed E-state index contributed by atoms with van der Waals surface area (Å²) in [4.78, 5) is 24.6. The van der Waals surface area contributed by atoms with Crippen molar-refractivity contribution < 1.29 is 24.9 Å². The van der Waals surface area contributed by atoms with Crippen LogP contribution in [-0.4, -0.2) is 33.5 Å². The normalized spacial score (nSPS) is 11.2. The number of benzene rings is 6. The summed E-state index contributed by atoms with van der Waals surface area (Å²) in [7, 11) is 0. The molecule has 0 saturated heterocycles. The molecule has 218 valence electrons. The molecule has 0 fully saturated rings. The van der Waals surface area contributed by atoms with Gasteiger partial charge in [0.25, 0.3) is 0 Å². The van der Waals surface area contributed by atoms with Crippen molar-refractivity contribution in [1.29, 1.82) is 0 Å². The molecule has 44 heavy (non-hydrogen) atoms. The van der Waals surface area contributed by atoms with Crippen LogP contribution in [-0.2, 0) is 4.79 Å². The van der Waals surface area contributed by atoms with E-state index >= 15 is 0 Å². The molecule has 0 amide bonds. The second kappa shape index (κ2) is 12.5. The lowest BCUT2D eigenvalue weighted by molar-refractivity contribution is -0.121. The minimum absolute atomic E-state index is 0.0430. The third-order valence-corrected chi connectivity index (χ3v) is 8.16. The van der Waals surface area contributed by atoms with Crippen LogP contribution >= 0.6 is 0 Å². The van der Waals surface area contributed by atoms with E-state index in [0.29, 0.717) is 46.0 Å².